The number of nitrogen functional groups attached to an aromatic ring is 1. The first kappa shape index (κ1) is 7.18. The number of hydrogen-bond acceptors (Lipinski definition) is 3. The minimum absolute atomic E-state index is 0.483. The summed E-state index contributed by atoms with van der Waals surface area (Å²) in [5, 5.41) is 1.01. The van der Waals surface area contributed by atoms with Gasteiger partial charge in [0.25, 0.3) is 0 Å². The SMILES string of the molecule is NCc1coc2c(N)cccc12. The van der Waals surface area contributed by atoms with Crippen LogP contribution in [0.3, 0.4) is 0 Å². The molecule has 0 aliphatic heterocycles. The molecule has 0 aliphatic rings. The van der Waals surface area contributed by atoms with Crippen molar-refractivity contribution in [2.75, 3.05) is 5.73 Å². The van der Waals surface area contributed by atoms with Crippen molar-refractivity contribution in [1.82, 2.24) is 0 Å². The van der Waals surface area contributed by atoms with Gasteiger partial charge in [0, 0.05) is 17.5 Å². The number of furan rings is 1. The third kappa shape index (κ3) is 0.871. The van der Waals surface area contributed by atoms with Crippen molar-refractivity contribution in [3.63, 3.8) is 0 Å². The Labute approximate surface area is 70.0 Å². The Balaban J connectivity index is 2.80. The molecule has 1 aromatic heterocycles. The summed E-state index contributed by atoms with van der Waals surface area (Å²) in [6.07, 6.45) is 1.65. The lowest BCUT2D eigenvalue weighted by atomic mass is 10.1. The molecule has 3 heteroatoms. The van der Waals surface area contributed by atoms with Gasteiger partial charge in [0.1, 0.15) is 0 Å². The quantitative estimate of drug-likeness (QED) is 0.624. The minimum atomic E-state index is 0.483. The predicted molar refractivity (Wildman–Crippen MR) is 48.5 cm³/mol. The first-order valence-electron chi connectivity index (χ1n) is 3.77. The zero-order valence-corrected chi connectivity index (χ0v) is 6.58. The molecule has 0 bridgehead atoms. The zero-order chi connectivity index (χ0) is 8.55. The predicted octanol–water partition coefficient (Wildman–Crippen LogP) is 1.47. The van der Waals surface area contributed by atoms with E-state index in [0.717, 1.165) is 16.5 Å². The van der Waals surface area contributed by atoms with Gasteiger partial charge in [0.05, 0.1) is 12.0 Å². The van der Waals surface area contributed by atoms with Crippen LogP contribution in [0.5, 0.6) is 0 Å². The highest BCUT2D eigenvalue weighted by Gasteiger charge is 2.05. The number of rotatable bonds is 1. The minimum Gasteiger partial charge on any atom is -0.462 e. The second-order valence-electron chi connectivity index (χ2n) is 2.69. The molecule has 0 saturated heterocycles. The van der Waals surface area contributed by atoms with Crippen molar-refractivity contribution in [2.24, 2.45) is 5.73 Å². The van der Waals surface area contributed by atoms with Crippen LogP contribution >= 0.6 is 0 Å². The number of para-hydroxylation sites is 1. The number of hydrogen-bond donors (Lipinski definition) is 2. The van der Waals surface area contributed by atoms with E-state index < -0.39 is 0 Å². The Hall–Kier alpha value is -1.48. The highest BCUT2D eigenvalue weighted by atomic mass is 16.3. The van der Waals surface area contributed by atoms with Crippen LogP contribution in [0.4, 0.5) is 5.69 Å². The molecule has 2 aromatic rings. The van der Waals surface area contributed by atoms with Gasteiger partial charge in [0.15, 0.2) is 5.58 Å². The average Bonchev–Trinajstić information content (AvgIpc) is 2.49. The molecule has 1 aromatic carbocycles. The molecular weight excluding hydrogens is 152 g/mol. The van der Waals surface area contributed by atoms with Crippen LogP contribution < -0.4 is 11.5 Å². The molecular formula is C9H10N2O. The maximum atomic E-state index is 5.69. The monoisotopic (exact) mass is 162 g/mol. The molecule has 0 aliphatic carbocycles. The van der Waals surface area contributed by atoms with Crippen molar-refractivity contribution in [3.05, 3.63) is 30.0 Å². The molecule has 62 valence electrons. The fourth-order valence-corrected chi connectivity index (χ4v) is 1.29. The Morgan fingerprint density at radius 2 is 2.17 bits per heavy atom. The summed E-state index contributed by atoms with van der Waals surface area (Å²) >= 11 is 0. The molecule has 0 unspecified atom stereocenters. The molecule has 4 N–H and O–H groups in total. The standard InChI is InChI=1S/C9H10N2O/c10-4-6-5-12-9-7(6)2-1-3-8(9)11/h1-3,5H,4,10-11H2. The van der Waals surface area contributed by atoms with Crippen LogP contribution in [0.2, 0.25) is 0 Å². The second-order valence-corrected chi connectivity index (χ2v) is 2.69. The Morgan fingerprint density at radius 3 is 2.92 bits per heavy atom. The molecule has 3 nitrogen and oxygen atoms in total. The second kappa shape index (κ2) is 2.53. The molecule has 0 spiro atoms. The van der Waals surface area contributed by atoms with Gasteiger partial charge in [0.2, 0.25) is 0 Å². The maximum Gasteiger partial charge on any atom is 0.157 e. The highest BCUT2D eigenvalue weighted by molar-refractivity contribution is 5.90. The van der Waals surface area contributed by atoms with Gasteiger partial charge >= 0.3 is 0 Å². The van der Waals surface area contributed by atoms with Gasteiger partial charge in [-0.3, -0.25) is 0 Å². The van der Waals surface area contributed by atoms with E-state index in [1.54, 1.807) is 6.26 Å². The lowest BCUT2D eigenvalue weighted by Gasteiger charge is -1.93. The van der Waals surface area contributed by atoms with Crippen molar-refractivity contribution in [2.45, 2.75) is 6.54 Å². The van der Waals surface area contributed by atoms with Crippen LogP contribution in [-0.2, 0) is 6.54 Å². The van der Waals surface area contributed by atoms with Crippen molar-refractivity contribution in [3.8, 4) is 0 Å². The Kier molecular flexibility index (Phi) is 1.52. The first-order valence-corrected chi connectivity index (χ1v) is 3.77. The third-order valence-electron chi connectivity index (χ3n) is 1.93. The summed E-state index contributed by atoms with van der Waals surface area (Å²) in [5.74, 6) is 0. The summed E-state index contributed by atoms with van der Waals surface area (Å²) in [7, 11) is 0. The van der Waals surface area contributed by atoms with Gasteiger partial charge in [-0.05, 0) is 6.07 Å². The molecule has 2 rings (SSSR count). The summed E-state index contributed by atoms with van der Waals surface area (Å²) in [6.45, 7) is 0.483. The lowest BCUT2D eigenvalue weighted by Crippen LogP contribution is -1.94. The number of benzene rings is 1. The van der Waals surface area contributed by atoms with Gasteiger partial charge in [-0.15, -0.1) is 0 Å². The molecule has 0 radical (unpaired) electrons. The molecule has 12 heavy (non-hydrogen) atoms. The van der Waals surface area contributed by atoms with Crippen molar-refractivity contribution < 1.29 is 4.42 Å². The topological polar surface area (TPSA) is 65.2 Å². The van der Waals surface area contributed by atoms with Crippen LogP contribution in [0.25, 0.3) is 11.0 Å². The number of anilines is 1. The molecule has 0 atom stereocenters. The summed E-state index contributed by atoms with van der Waals surface area (Å²) in [4.78, 5) is 0. The fourth-order valence-electron chi connectivity index (χ4n) is 1.29. The van der Waals surface area contributed by atoms with Crippen LogP contribution in [0, 0.1) is 0 Å². The molecule has 0 saturated carbocycles. The van der Waals surface area contributed by atoms with E-state index in [-0.39, 0.29) is 0 Å². The van der Waals surface area contributed by atoms with E-state index in [4.69, 9.17) is 15.9 Å². The van der Waals surface area contributed by atoms with Gasteiger partial charge in [-0.25, -0.2) is 0 Å². The molecule has 0 amide bonds. The van der Waals surface area contributed by atoms with Gasteiger partial charge < -0.3 is 15.9 Å². The van der Waals surface area contributed by atoms with Gasteiger partial charge in [-0.2, -0.15) is 0 Å². The first-order chi connectivity index (χ1) is 5.83. The van der Waals surface area contributed by atoms with E-state index in [0.29, 0.717) is 12.2 Å². The summed E-state index contributed by atoms with van der Waals surface area (Å²) in [5.41, 5.74) is 13.6. The normalized spacial score (nSPS) is 10.8. The van der Waals surface area contributed by atoms with E-state index in [1.165, 1.54) is 0 Å². The fraction of sp³-hybridized carbons (Fsp3) is 0.111. The Bertz CT molecular complexity index is 406. The zero-order valence-electron chi connectivity index (χ0n) is 6.58. The van der Waals surface area contributed by atoms with Crippen LogP contribution in [0.1, 0.15) is 5.56 Å². The van der Waals surface area contributed by atoms with Crippen molar-refractivity contribution >= 4 is 16.7 Å². The van der Waals surface area contributed by atoms with E-state index >= 15 is 0 Å². The van der Waals surface area contributed by atoms with Gasteiger partial charge in [-0.1, -0.05) is 12.1 Å². The smallest absolute Gasteiger partial charge is 0.157 e. The van der Waals surface area contributed by atoms with Crippen LogP contribution in [-0.4, -0.2) is 0 Å². The maximum absolute atomic E-state index is 5.69. The van der Waals surface area contributed by atoms with Crippen LogP contribution in [0.15, 0.2) is 28.9 Å². The van der Waals surface area contributed by atoms with E-state index in [1.807, 2.05) is 18.2 Å². The molecule has 0 fully saturated rings. The van der Waals surface area contributed by atoms with Crippen molar-refractivity contribution in [1.29, 1.82) is 0 Å². The lowest BCUT2D eigenvalue weighted by molar-refractivity contribution is 0.612. The number of fused-ring (bicyclic) bond motifs is 1. The highest BCUT2D eigenvalue weighted by Crippen LogP contribution is 2.25. The average molecular weight is 162 g/mol. The molecule has 1 heterocycles. The summed E-state index contributed by atoms with van der Waals surface area (Å²) < 4.78 is 5.27. The largest absolute Gasteiger partial charge is 0.462 e. The van der Waals surface area contributed by atoms with E-state index in [9.17, 15) is 0 Å². The van der Waals surface area contributed by atoms with E-state index in [2.05, 4.69) is 0 Å². The Morgan fingerprint density at radius 1 is 1.33 bits per heavy atom. The summed E-state index contributed by atoms with van der Waals surface area (Å²) in [6, 6.07) is 5.66. The third-order valence-corrected chi connectivity index (χ3v) is 1.93. The number of nitrogens with two attached hydrogens (primary N) is 2.